The first kappa shape index (κ1) is 19.3. The van der Waals surface area contributed by atoms with Crippen molar-refractivity contribution in [2.45, 2.75) is 62.9 Å². The number of hydrogen-bond acceptors (Lipinski definition) is 4. The molecule has 2 aliphatic carbocycles. The minimum Gasteiger partial charge on any atom is -0.327 e. The van der Waals surface area contributed by atoms with Crippen LogP contribution in [0, 0.1) is 17.8 Å². The second kappa shape index (κ2) is 7.66. The summed E-state index contributed by atoms with van der Waals surface area (Å²) < 4.78 is 26.9. The van der Waals surface area contributed by atoms with Gasteiger partial charge < -0.3 is 11.1 Å². The minimum absolute atomic E-state index is 0.00360. The third-order valence-corrected chi connectivity index (χ3v) is 7.28. The van der Waals surface area contributed by atoms with Gasteiger partial charge in [-0.1, -0.05) is 6.42 Å². The molecule has 1 aromatic carbocycles. The second-order valence-electron chi connectivity index (χ2n) is 7.99. The van der Waals surface area contributed by atoms with Gasteiger partial charge >= 0.3 is 0 Å². The number of sulfonamides is 1. The Kier molecular flexibility index (Phi) is 5.69. The van der Waals surface area contributed by atoms with E-state index in [1.807, 2.05) is 0 Å². The van der Waals surface area contributed by atoms with E-state index in [2.05, 4.69) is 10.0 Å². The molecule has 144 valence electrons. The molecule has 0 radical (unpaired) electrons. The van der Waals surface area contributed by atoms with Crippen molar-refractivity contribution in [3.05, 3.63) is 24.3 Å². The van der Waals surface area contributed by atoms with Crippen LogP contribution in [-0.2, 0) is 14.8 Å². The molecule has 2 bridgehead atoms. The summed E-state index contributed by atoms with van der Waals surface area (Å²) in [6.07, 6.45) is 5.17. The van der Waals surface area contributed by atoms with Gasteiger partial charge in [-0.3, -0.25) is 4.79 Å². The molecule has 0 aromatic heterocycles. The van der Waals surface area contributed by atoms with Gasteiger partial charge in [0.2, 0.25) is 15.9 Å². The van der Waals surface area contributed by atoms with Crippen molar-refractivity contribution in [3.63, 3.8) is 0 Å². The topological polar surface area (TPSA) is 101 Å². The van der Waals surface area contributed by atoms with Crippen LogP contribution in [0.5, 0.6) is 0 Å². The van der Waals surface area contributed by atoms with Crippen LogP contribution in [0.15, 0.2) is 29.2 Å². The summed E-state index contributed by atoms with van der Waals surface area (Å²) in [4.78, 5) is 12.8. The maximum Gasteiger partial charge on any atom is 0.240 e. The Morgan fingerprint density at radius 1 is 1.12 bits per heavy atom. The van der Waals surface area contributed by atoms with Crippen LogP contribution in [0.1, 0.15) is 46.0 Å². The number of amides is 1. The van der Waals surface area contributed by atoms with Crippen LogP contribution in [-0.4, -0.2) is 26.4 Å². The summed E-state index contributed by atoms with van der Waals surface area (Å²) in [6.45, 7) is 3.55. The summed E-state index contributed by atoms with van der Waals surface area (Å²) in [5.74, 6) is 0.918. The number of carbonyl (C=O) groups is 1. The number of carbonyl (C=O) groups excluding carboxylic acids is 1. The lowest BCUT2D eigenvalue weighted by Gasteiger charge is -2.43. The number of nitrogens with one attached hydrogen (secondary N) is 2. The monoisotopic (exact) mass is 379 g/mol. The lowest BCUT2D eigenvalue weighted by molar-refractivity contribution is -0.122. The molecule has 1 aromatic rings. The average molecular weight is 380 g/mol. The molecule has 2 fully saturated rings. The zero-order valence-corrected chi connectivity index (χ0v) is 16.3. The molecular formula is C19H29N3O3S. The smallest absolute Gasteiger partial charge is 0.240 e. The first-order chi connectivity index (χ1) is 12.3. The normalized spacial score (nSPS) is 28.8. The highest BCUT2D eigenvalue weighted by Crippen LogP contribution is 2.42. The highest BCUT2D eigenvalue weighted by molar-refractivity contribution is 7.89. The van der Waals surface area contributed by atoms with E-state index in [1.54, 1.807) is 26.0 Å². The Morgan fingerprint density at radius 3 is 2.23 bits per heavy atom. The van der Waals surface area contributed by atoms with Gasteiger partial charge in [-0.25, -0.2) is 13.1 Å². The number of nitrogens with two attached hydrogens (primary N) is 1. The van der Waals surface area contributed by atoms with Crippen LogP contribution in [0.2, 0.25) is 0 Å². The quantitative estimate of drug-likeness (QED) is 0.731. The van der Waals surface area contributed by atoms with Crippen LogP contribution in [0.3, 0.4) is 0 Å². The Hall–Kier alpha value is -1.44. The van der Waals surface area contributed by atoms with Crippen molar-refractivity contribution < 1.29 is 13.2 Å². The van der Waals surface area contributed by atoms with Gasteiger partial charge in [-0.2, -0.15) is 0 Å². The highest BCUT2D eigenvalue weighted by atomic mass is 32.2. The Bertz CT molecular complexity index is 732. The van der Waals surface area contributed by atoms with Crippen LogP contribution in [0.25, 0.3) is 0 Å². The summed E-state index contributed by atoms with van der Waals surface area (Å²) >= 11 is 0. The SMILES string of the molecule is CC(C)NS(=O)(=O)c1ccc(NC(=O)C2CC3CCCC(C2)C3N)cc1. The van der Waals surface area contributed by atoms with Crippen molar-refractivity contribution in [3.8, 4) is 0 Å². The van der Waals surface area contributed by atoms with Gasteiger partial charge in [0, 0.05) is 23.7 Å². The molecule has 0 spiro atoms. The van der Waals surface area contributed by atoms with E-state index in [-0.39, 0.29) is 28.8 Å². The molecule has 0 aliphatic heterocycles. The molecule has 4 N–H and O–H groups in total. The maximum atomic E-state index is 12.7. The summed E-state index contributed by atoms with van der Waals surface area (Å²) in [6, 6.07) is 6.39. The second-order valence-corrected chi connectivity index (χ2v) is 9.70. The number of hydrogen-bond donors (Lipinski definition) is 3. The summed E-state index contributed by atoms with van der Waals surface area (Å²) in [5, 5.41) is 2.94. The molecule has 0 heterocycles. The van der Waals surface area contributed by atoms with E-state index < -0.39 is 10.0 Å². The molecule has 0 saturated heterocycles. The number of rotatable bonds is 5. The van der Waals surface area contributed by atoms with Crippen LogP contribution < -0.4 is 15.8 Å². The molecule has 2 atom stereocenters. The molecule has 2 unspecified atom stereocenters. The molecule has 1 amide bonds. The largest absolute Gasteiger partial charge is 0.327 e. The minimum atomic E-state index is -3.52. The zero-order chi connectivity index (χ0) is 18.9. The van der Waals surface area contributed by atoms with Gasteiger partial charge in [0.25, 0.3) is 0 Å². The van der Waals surface area contributed by atoms with E-state index in [9.17, 15) is 13.2 Å². The van der Waals surface area contributed by atoms with E-state index in [0.29, 0.717) is 17.5 Å². The molecule has 26 heavy (non-hydrogen) atoms. The molecule has 2 saturated carbocycles. The molecule has 6 nitrogen and oxygen atoms in total. The van der Waals surface area contributed by atoms with Crippen molar-refractivity contribution in [2.75, 3.05) is 5.32 Å². The molecular weight excluding hydrogens is 350 g/mol. The van der Waals surface area contributed by atoms with E-state index in [4.69, 9.17) is 5.73 Å². The molecule has 7 heteroatoms. The summed E-state index contributed by atoms with van der Waals surface area (Å²) in [7, 11) is -3.52. The zero-order valence-electron chi connectivity index (χ0n) is 15.4. The third kappa shape index (κ3) is 4.27. The Balaban J connectivity index is 1.63. The van der Waals surface area contributed by atoms with E-state index >= 15 is 0 Å². The fourth-order valence-corrected chi connectivity index (χ4v) is 5.59. The van der Waals surface area contributed by atoms with E-state index in [0.717, 1.165) is 25.7 Å². The molecule has 2 aliphatic rings. The number of anilines is 1. The fourth-order valence-electron chi connectivity index (χ4n) is 4.34. The predicted octanol–water partition coefficient (Wildman–Crippen LogP) is 2.47. The van der Waals surface area contributed by atoms with Crippen molar-refractivity contribution in [1.29, 1.82) is 0 Å². The number of benzene rings is 1. The average Bonchev–Trinajstić information content (AvgIpc) is 2.53. The van der Waals surface area contributed by atoms with Gasteiger partial charge in [0.05, 0.1) is 4.90 Å². The fraction of sp³-hybridized carbons (Fsp3) is 0.632. The Labute approximate surface area is 156 Å². The number of fused-ring (bicyclic) bond motifs is 2. The standard InChI is InChI=1S/C19H29N3O3S/c1-12(2)22-26(24,25)17-8-6-16(7-9-17)21-19(23)15-10-13-4-3-5-14(11-15)18(13)20/h6-9,12-15,18,22H,3-5,10-11,20H2,1-2H3,(H,21,23). The van der Waals surface area contributed by atoms with Crippen LogP contribution in [0.4, 0.5) is 5.69 Å². The first-order valence-electron chi connectivity index (χ1n) is 9.45. The van der Waals surface area contributed by atoms with Crippen molar-refractivity contribution in [2.24, 2.45) is 23.5 Å². The predicted molar refractivity (Wildman–Crippen MR) is 102 cm³/mol. The summed E-state index contributed by atoms with van der Waals surface area (Å²) in [5.41, 5.74) is 6.92. The highest BCUT2D eigenvalue weighted by Gasteiger charge is 2.40. The van der Waals surface area contributed by atoms with Crippen LogP contribution >= 0.6 is 0 Å². The van der Waals surface area contributed by atoms with Crippen molar-refractivity contribution >= 4 is 21.6 Å². The van der Waals surface area contributed by atoms with Gasteiger partial charge in [-0.05, 0) is 75.6 Å². The van der Waals surface area contributed by atoms with Gasteiger partial charge in [0.15, 0.2) is 0 Å². The maximum absolute atomic E-state index is 12.7. The van der Waals surface area contributed by atoms with Gasteiger partial charge in [-0.15, -0.1) is 0 Å². The first-order valence-corrected chi connectivity index (χ1v) is 10.9. The lowest BCUT2D eigenvalue weighted by Crippen LogP contribution is -2.48. The molecule has 3 rings (SSSR count). The Morgan fingerprint density at radius 2 is 1.69 bits per heavy atom. The van der Waals surface area contributed by atoms with Gasteiger partial charge in [0.1, 0.15) is 0 Å². The third-order valence-electron chi connectivity index (χ3n) is 5.61. The lowest BCUT2D eigenvalue weighted by atomic mass is 9.65. The van der Waals surface area contributed by atoms with Crippen molar-refractivity contribution in [1.82, 2.24) is 4.72 Å². The van der Waals surface area contributed by atoms with E-state index in [1.165, 1.54) is 18.6 Å².